The van der Waals surface area contributed by atoms with Gasteiger partial charge in [-0.05, 0) is 17.7 Å². The summed E-state index contributed by atoms with van der Waals surface area (Å²) in [7, 11) is 15.8. The first-order chi connectivity index (χ1) is 14.5. The Labute approximate surface area is 184 Å². The number of nitrogens with two attached hydrogens (primary N) is 1. The highest BCUT2D eigenvalue weighted by Gasteiger charge is 2.50. The normalized spacial score (nSPS) is 19.1. The van der Waals surface area contributed by atoms with Gasteiger partial charge in [0.2, 0.25) is 17.4 Å². The molecule has 1 heterocycles. The Morgan fingerprint density at radius 3 is 2.10 bits per heavy atom. The summed E-state index contributed by atoms with van der Waals surface area (Å²) in [6.07, 6.45) is 0. The first-order valence-electron chi connectivity index (χ1n) is 8.79. The van der Waals surface area contributed by atoms with E-state index in [9.17, 15) is 13.2 Å². The molecule has 31 heavy (non-hydrogen) atoms. The number of ketones is 1. The fourth-order valence-electron chi connectivity index (χ4n) is 2.86. The van der Waals surface area contributed by atoms with E-state index in [4.69, 9.17) is 47.7 Å². The van der Waals surface area contributed by atoms with Gasteiger partial charge in [0.1, 0.15) is 19.3 Å². The molecule has 0 saturated heterocycles. The molecule has 0 bridgehead atoms. The number of hydrogen-bond acceptors (Lipinski definition) is 8. The molecule has 1 aliphatic rings. The molecule has 154 valence electrons. The van der Waals surface area contributed by atoms with E-state index in [1.807, 2.05) is 0 Å². The highest BCUT2D eigenvalue weighted by Crippen LogP contribution is 2.40. The van der Waals surface area contributed by atoms with Crippen LogP contribution in [0.15, 0.2) is 60.2 Å². The number of ether oxygens (including phenoxy) is 3. The summed E-state index contributed by atoms with van der Waals surface area (Å²) in [5.74, 6) is -1.94. The molecule has 1 aliphatic heterocycles. The van der Waals surface area contributed by atoms with Gasteiger partial charge in [0.05, 0.1) is 34.5 Å². The lowest BCUT2D eigenvalue weighted by molar-refractivity contribution is -0.126. The van der Waals surface area contributed by atoms with Crippen LogP contribution in [0.5, 0.6) is 11.5 Å². The molecular formula is C19H16B3NO7S. The van der Waals surface area contributed by atoms with Crippen LogP contribution < -0.4 is 15.2 Å². The highest BCUT2D eigenvalue weighted by atomic mass is 32.2. The number of carbonyl (C=O) groups is 1. The lowest BCUT2D eigenvalue weighted by atomic mass is 9.65. The Kier molecular flexibility index (Phi) is 5.79. The first kappa shape index (κ1) is 22.7. The van der Waals surface area contributed by atoms with Crippen LogP contribution in [-0.2, 0) is 33.9 Å². The van der Waals surface area contributed by atoms with E-state index in [0.29, 0.717) is 11.5 Å². The van der Waals surface area contributed by atoms with Gasteiger partial charge in [0.15, 0.2) is 5.50 Å². The second-order valence-electron chi connectivity index (χ2n) is 6.66. The minimum absolute atomic E-state index is 0.0251. The molecule has 2 aromatic carbocycles. The molecule has 1 atom stereocenters. The summed E-state index contributed by atoms with van der Waals surface area (Å²) in [5.41, 5.74) is 3.65. The summed E-state index contributed by atoms with van der Waals surface area (Å²) in [5, 5.41) is 0. The number of methoxy groups -OCH3 is 2. The molecule has 0 aromatic heterocycles. The van der Waals surface area contributed by atoms with Crippen LogP contribution in [-0.4, -0.2) is 52.0 Å². The van der Waals surface area contributed by atoms with Crippen molar-refractivity contribution in [2.24, 2.45) is 5.73 Å². The molecule has 0 fully saturated rings. The average Bonchev–Trinajstić information content (AvgIpc) is 2.97. The van der Waals surface area contributed by atoms with Gasteiger partial charge in [-0.3, -0.25) is 4.79 Å². The number of carbonyl (C=O) groups excluding carboxylic acids is 1. The summed E-state index contributed by atoms with van der Waals surface area (Å²) in [6.45, 7) is 0. The van der Waals surface area contributed by atoms with E-state index in [1.165, 1.54) is 50.6 Å². The Morgan fingerprint density at radius 2 is 1.58 bits per heavy atom. The van der Waals surface area contributed by atoms with Crippen molar-refractivity contribution in [2.75, 3.05) is 14.2 Å². The van der Waals surface area contributed by atoms with E-state index in [2.05, 4.69) is 0 Å². The van der Waals surface area contributed by atoms with Crippen molar-refractivity contribution >= 4 is 39.4 Å². The summed E-state index contributed by atoms with van der Waals surface area (Å²) in [4.78, 5) is 13.0. The van der Waals surface area contributed by atoms with Crippen LogP contribution in [0.25, 0.3) is 0 Å². The molecule has 2 aromatic rings. The van der Waals surface area contributed by atoms with Crippen molar-refractivity contribution in [3.05, 3.63) is 71.3 Å². The van der Waals surface area contributed by atoms with Gasteiger partial charge < -0.3 is 24.1 Å². The standard InChI is InChI=1S/C19H16B3NO7S/c1-27-13-8-12(9-14(10-13)28-2)18(20)16(24)15(17(23)29-18)30-31(25,26)19(21,22)11-6-4-3-5-7-11/h3-10H,23H2,1-2H3. The minimum Gasteiger partial charge on any atom is -0.497 e. The highest BCUT2D eigenvalue weighted by molar-refractivity contribution is 7.90. The van der Waals surface area contributed by atoms with Crippen molar-refractivity contribution in [3.63, 3.8) is 0 Å². The van der Waals surface area contributed by atoms with Crippen LogP contribution in [0.2, 0.25) is 0 Å². The maximum absolute atomic E-state index is 13.0. The second kappa shape index (κ2) is 7.92. The lowest BCUT2D eigenvalue weighted by Crippen LogP contribution is -2.40. The average molecular weight is 435 g/mol. The van der Waals surface area contributed by atoms with Crippen LogP contribution in [0.4, 0.5) is 0 Å². The lowest BCUT2D eigenvalue weighted by Gasteiger charge is -2.26. The fraction of sp³-hybridized carbons (Fsp3) is 0.211. The zero-order chi connectivity index (χ0) is 23.0. The smallest absolute Gasteiger partial charge is 0.302 e. The SMILES string of the molecule is [B]C1(c2cc(OC)cc(OC)c2)OC(N)=C(OS(=O)(=O)C([B])([B])c2ccccc2)C1=O. The van der Waals surface area contributed by atoms with Gasteiger partial charge in [-0.2, -0.15) is 8.42 Å². The van der Waals surface area contributed by atoms with Crippen molar-refractivity contribution in [1.29, 1.82) is 0 Å². The van der Waals surface area contributed by atoms with E-state index in [0.717, 1.165) is 0 Å². The Morgan fingerprint density at radius 1 is 1.03 bits per heavy atom. The van der Waals surface area contributed by atoms with Gasteiger partial charge in [0.25, 0.3) is 0 Å². The zero-order valence-electron chi connectivity index (χ0n) is 16.7. The Balaban J connectivity index is 1.96. The molecule has 0 saturated carbocycles. The number of rotatable bonds is 7. The molecule has 3 rings (SSSR count). The Hall–Kier alpha value is -3.01. The molecule has 12 heteroatoms. The molecule has 0 amide bonds. The molecule has 6 radical (unpaired) electrons. The van der Waals surface area contributed by atoms with Gasteiger partial charge in [-0.15, -0.1) is 0 Å². The molecule has 2 N–H and O–H groups in total. The molecule has 0 aliphatic carbocycles. The van der Waals surface area contributed by atoms with Crippen LogP contribution >= 0.6 is 0 Å². The Bertz CT molecular complexity index is 1130. The third-order valence-electron chi connectivity index (χ3n) is 4.65. The predicted octanol–water partition coefficient (Wildman–Crippen LogP) is 0.246. The van der Waals surface area contributed by atoms with E-state index >= 15 is 0 Å². The minimum atomic E-state index is -4.81. The maximum atomic E-state index is 13.0. The zero-order valence-corrected chi connectivity index (χ0v) is 17.5. The van der Waals surface area contributed by atoms with E-state index in [-0.39, 0.29) is 11.1 Å². The third-order valence-corrected chi connectivity index (χ3v) is 6.10. The maximum Gasteiger partial charge on any atom is 0.302 e. The van der Waals surface area contributed by atoms with Crippen LogP contribution in [0.1, 0.15) is 11.1 Å². The first-order valence-corrected chi connectivity index (χ1v) is 10.2. The van der Waals surface area contributed by atoms with Crippen LogP contribution in [0, 0.1) is 0 Å². The quantitative estimate of drug-likeness (QED) is 0.487. The number of Topliss-reactive ketones (excluding diaryl/α,β-unsaturated/α-hetero) is 1. The number of benzene rings is 2. The van der Waals surface area contributed by atoms with Gasteiger partial charge in [-0.25, -0.2) is 0 Å². The summed E-state index contributed by atoms with van der Waals surface area (Å²) < 4.78 is 43.7. The van der Waals surface area contributed by atoms with Gasteiger partial charge >= 0.3 is 10.1 Å². The van der Waals surface area contributed by atoms with Crippen molar-refractivity contribution in [1.82, 2.24) is 0 Å². The summed E-state index contributed by atoms with van der Waals surface area (Å²) >= 11 is 0. The largest absolute Gasteiger partial charge is 0.497 e. The number of hydrogen-bond donors (Lipinski definition) is 1. The van der Waals surface area contributed by atoms with Crippen molar-refractivity contribution in [3.8, 4) is 11.5 Å². The van der Waals surface area contributed by atoms with E-state index in [1.54, 1.807) is 12.1 Å². The van der Waals surface area contributed by atoms with Crippen LogP contribution in [0.3, 0.4) is 0 Å². The molecular weight excluding hydrogens is 419 g/mol. The predicted molar refractivity (Wildman–Crippen MR) is 114 cm³/mol. The fourth-order valence-corrected chi connectivity index (χ4v) is 3.80. The molecule has 8 nitrogen and oxygen atoms in total. The van der Waals surface area contributed by atoms with Crippen molar-refractivity contribution < 1.29 is 31.6 Å². The van der Waals surface area contributed by atoms with Crippen molar-refractivity contribution in [2.45, 2.75) is 10.0 Å². The monoisotopic (exact) mass is 435 g/mol. The molecule has 0 spiro atoms. The third kappa shape index (κ3) is 3.87. The van der Waals surface area contributed by atoms with Gasteiger partial charge in [0, 0.05) is 11.6 Å². The van der Waals surface area contributed by atoms with Gasteiger partial charge in [-0.1, -0.05) is 30.3 Å². The second-order valence-corrected chi connectivity index (χ2v) is 8.41. The topological polar surface area (TPSA) is 114 Å². The molecule has 1 unspecified atom stereocenters. The van der Waals surface area contributed by atoms with E-state index < -0.39 is 37.6 Å². The summed E-state index contributed by atoms with van der Waals surface area (Å²) in [6, 6.07) is 11.9.